The fourth-order valence-corrected chi connectivity index (χ4v) is 200. The van der Waals surface area contributed by atoms with Crippen LogP contribution in [-0.2, 0) is 0 Å². The van der Waals surface area contributed by atoms with E-state index in [2.05, 4.69) is 232 Å². The second-order valence-corrected chi connectivity index (χ2v) is 63.1. The van der Waals surface area contributed by atoms with Crippen LogP contribution >= 0.6 is 0 Å². The molecule has 0 amide bonds. The molecule has 1 unspecified atom stereocenters. The van der Waals surface area contributed by atoms with Gasteiger partial charge in [-0.2, -0.15) is 0 Å². The summed E-state index contributed by atoms with van der Waals surface area (Å²) in [6, 6.07) is 84.6. The highest BCUT2D eigenvalue weighted by molar-refractivity contribution is 8.23. The molecule has 8 rings (SSSR count). The standard InChI is InChI=1S/C45H44Si5/c1-46(2)47(3,39-25-11-4-12-26-39)49(42-31-17-7-18-32-42,43-33-19-8-20-34-43)50(44-35-21-9-22-36-44,45-37-23-10-24-38-45)48(46,40-27-13-5-14-28-40)41-29-15-6-16-30-41/h4-38H,1-3H3. The van der Waals surface area contributed by atoms with Gasteiger partial charge in [0.15, 0.2) is 0 Å². The maximum atomic E-state index is 2.91. The van der Waals surface area contributed by atoms with Gasteiger partial charge in [0.05, 0.1) is 7.11 Å². The Kier molecular flexibility index (Phi) is 8.36. The molecule has 244 valence electrons. The summed E-state index contributed by atoms with van der Waals surface area (Å²) in [7, 11) is -13.6. The molecule has 1 aliphatic rings. The van der Waals surface area contributed by atoms with Crippen molar-refractivity contribution >= 4 is 71.9 Å². The Bertz CT molecular complexity index is 2060. The SMILES string of the molecule is C[Si]1(C)[Si](C)(c2ccccc2)[Si](c2ccccc2)(c2ccccc2)[Si](c2ccccc2)(c2ccccc2)[Si]1(c1ccccc1)c1ccccc1. The molecule has 0 N–H and O–H groups in total. The van der Waals surface area contributed by atoms with Gasteiger partial charge >= 0.3 is 0 Å². The predicted octanol–water partition coefficient (Wildman–Crippen LogP) is 5.88. The van der Waals surface area contributed by atoms with Crippen LogP contribution in [0.3, 0.4) is 0 Å². The van der Waals surface area contributed by atoms with Crippen LogP contribution in [-0.4, -0.2) is 35.5 Å². The molecule has 0 saturated carbocycles. The Balaban J connectivity index is 1.80. The van der Waals surface area contributed by atoms with E-state index >= 15 is 0 Å². The van der Waals surface area contributed by atoms with Crippen LogP contribution in [0, 0.1) is 0 Å². The largest absolute Gasteiger partial charge is 0.120 e. The van der Waals surface area contributed by atoms with Crippen molar-refractivity contribution in [1.82, 2.24) is 0 Å². The Morgan fingerprint density at radius 1 is 0.220 bits per heavy atom. The van der Waals surface area contributed by atoms with Crippen LogP contribution in [0.4, 0.5) is 0 Å². The number of benzene rings is 7. The van der Waals surface area contributed by atoms with Crippen molar-refractivity contribution in [1.29, 1.82) is 0 Å². The van der Waals surface area contributed by atoms with Crippen molar-refractivity contribution in [3.05, 3.63) is 212 Å². The van der Waals surface area contributed by atoms with Crippen LogP contribution in [0.5, 0.6) is 0 Å². The topological polar surface area (TPSA) is 0 Å². The molecular formula is C45H44Si5. The quantitative estimate of drug-likeness (QED) is 0.181. The van der Waals surface area contributed by atoms with E-state index in [0.717, 1.165) is 0 Å². The molecule has 1 aliphatic heterocycles. The summed E-state index contributed by atoms with van der Waals surface area (Å²) in [5.74, 6) is 0. The Morgan fingerprint density at radius 2 is 0.420 bits per heavy atom. The van der Waals surface area contributed by atoms with Gasteiger partial charge in [-0.15, -0.1) is 0 Å². The number of hydrogen-bond donors (Lipinski definition) is 0. The molecule has 1 atom stereocenters. The lowest BCUT2D eigenvalue weighted by molar-refractivity contribution is 1.70. The zero-order valence-electron chi connectivity index (χ0n) is 29.2. The molecule has 0 spiro atoms. The van der Waals surface area contributed by atoms with Crippen molar-refractivity contribution in [2.75, 3.05) is 0 Å². The molecular weight excluding hydrogens is 681 g/mol. The Morgan fingerprint density at radius 3 is 0.680 bits per heavy atom. The molecule has 5 heteroatoms. The predicted molar refractivity (Wildman–Crippen MR) is 229 cm³/mol. The van der Waals surface area contributed by atoms with Crippen LogP contribution in [0.25, 0.3) is 0 Å². The zero-order chi connectivity index (χ0) is 34.3. The van der Waals surface area contributed by atoms with Crippen molar-refractivity contribution in [3.8, 4) is 0 Å². The monoisotopic (exact) mass is 724 g/mol. The maximum absolute atomic E-state index is 2.96. The van der Waals surface area contributed by atoms with E-state index in [9.17, 15) is 0 Å². The molecule has 50 heavy (non-hydrogen) atoms. The average Bonchev–Trinajstić information content (AvgIpc) is 3.33. The number of hydrogen-bond acceptors (Lipinski definition) is 0. The summed E-state index contributed by atoms with van der Waals surface area (Å²) in [6.45, 7) is 8.70. The first-order valence-corrected chi connectivity index (χ1v) is 34.4. The normalized spacial score (nSPS) is 19.8. The van der Waals surface area contributed by atoms with Crippen LogP contribution in [0.2, 0.25) is 19.6 Å². The second-order valence-electron chi connectivity index (χ2n) is 14.6. The highest BCUT2D eigenvalue weighted by Crippen LogP contribution is 2.50. The minimum Gasteiger partial charge on any atom is -0.0726 e. The lowest BCUT2D eigenvalue weighted by Gasteiger charge is -2.56. The van der Waals surface area contributed by atoms with Crippen LogP contribution < -0.4 is 36.3 Å². The lowest BCUT2D eigenvalue weighted by atomic mass is 10.4. The molecule has 1 heterocycles. The Hall–Kier alpha value is -4.38. The third-order valence-corrected chi connectivity index (χ3v) is 118. The summed E-state index contributed by atoms with van der Waals surface area (Å²) in [4.78, 5) is 0. The first-order valence-electron chi connectivity index (χ1n) is 17.9. The summed E-state index contributed by atoms with van der Waals surface area (Å²) < 4.78 is 0. The zero-order valence-corrected chi connectivity index (χ0v) is 34.2. The van der Waals surface area contributed by atoms with Gasteiger partial charge in [0.1, 0.15) is 21.3 Å². The lowest BCUT2D eigenvalue weighted by Crippen LogP contribution is -2.99. The Labute approximate surface area is 302 Å². The van der Waals surface area contributed by atoms with E-state index in [0.29, 0.717) is 0 Å². The third-order valence-electron chi connectivity index (χ3n) is 12.7. The summed E-state index contributed by atoms with van der Waals surface area (Å²) in [5.41, 5.74) is 0. The third kappa shape index (κ3) is 4.12. The smallest absolute Gasteiger partial charge is 0.0726 e. The minimum absolute atomic E-state index is 1.62. The average molecular weight is 725 g/mol. The summed E-state index contributed by atoms with van der Waals surface area (Å²) >= 11 is 0. The van der Waals surface area contributed by atoms with E-state index in [4.69, 9.17) is 0 Å². The van der Waals surface area contributed by atoms with Crippen LogP contribution in [0.15, 0.2) is 212 Å². The van der Waals surface area contributed by atoms with Gasteiger partial charge in [-0.05, 0) is 0 Å². The molecule has 0 nitrogen and oxygen atoms in total. The number of rotatable bonds is 7. The van der Waals surface area contributed by atoms with E-state index in [1.54, 1.807) is 36.3 Å². The highest BCUT2D eigenvalue weighted by Gasteiger charge is 2.89. The van der Waals surface area contributed by atoms with Crippen molar-refractivity contribution in [2.24, 2.45) is 0 Å². The molecule has 1 fully saturated rings. The summed E-state index contributed by atoms with van der Waals surface area (Å²) in [6.07, 6.45) is 0. The highest BCUT2D eigenvalue weighted by atomic mass is 30.2. The van der Waals surface area contributed by atoms with Gasteiger partial charge in [0.2, 0.25) is 0 Å². The minimum atomic E-state index is -2.96. The second kappa shape index (κ2) is 12.7. The molecule has 1 saturated heterocycles. The van der Waals surface area contributed by atoms with Gasteiger partial charge < -0.3 is 0 Å². The first kappa shape index (κ1) is 32.8. The molecule has 0 aromatic heterocycles. The van der Waals surface area contributed by atoms with Crippen LogP contribution in [0.1, 0.15) is 0 Å². The van der Waals surface area contributed by atoms with Gasteiger partial charge in [-0.1, -0.05) is 268 Å². The van der Waals surface area contributed by atoms with E-state index in [1.807, 2.05) is 0 Å². The fraction of sp³-hybridized carbons (Fsp3) is 0.0667. The van der Waals surface area contributed by atoms with Crippen molar-refractivity contribution in [3.63, 3.8) is 0 Å². The van der Waals surface area contributed by atoms with Gasteiger partial charge in [-0.3, -0.25) is 0 Å². The van der Waals surface area contributed by atoms with E-state index in [1.165, 1.54) is 0 Å². The molecule has 0 aliphatic carbocycles. The van der Waals surface area contributed by atoms with Gasteiger partial charge in [0, 0.05) is 7.11 Å². The molecule has 0 bridgehead atoms. The maximum Gasteiger partial charge on any atom is 0.120 e. The molecule has 7 aromatic rings. The summed E-state index contributed by atoms with van der Waals surface area (Å²) in [5, 5.41) is 11.4. The molecule has 0 radical (unpaired) electrons. The first-order chi connectivity index (χ1) is 24.5. The van der Waals surface area contributed by atoms with E-state index in [-0.39, 0.29) is 0 Å². The van der Waals surface area contributed by atoms with Crippen molar-refractivity contribution < 1.29 is 0 Å². The fourth-order valence-electron chi connectivity index (χ4n) is 11.0. The van der Waals surface area contributed by atoms with Gasteiger partial charge in [0.25, 0.3) is 0 Å². The van der Waals surface area contributed by atoms with Crippen molar-refractivity contribution in [2.45, 2.75) is 19.6 Å². The van der Waals surface area contributed by atoms with Gasteiger partial charge in [-0.25, -0.2) is 0 Å². The molecule has 7 aromatic carbocycles. The van der Waals surface area contributed by atoms with E-state index < -0.39 is 35.5 Å².